The molecule has 0 aliphatic heterocycles. The molecule has 0 bridgehead atoms. The third-order valence-electron chi connectivity index (χ3n) is 1.59. The number of halogens is 2. The molecule has 15 heavy (non-hydrogen) atoms. The van der Waals surface area contributed by atoms with Crippen LogP contribution in [-0.2, 0) is 0 Å². The number of aromatic carboxylic acids is 1. The molecule has 0 heterocycles. The number of benzene rings is 1. The van der Waals surface area contributed by atoms with E-state index in [-0.39, 0.29) is 5.56 Å². The van der Waals surface area contributed by atoms with Gasteiger partial charge in [0.05, 0.1) is 0 Å². The molecule has 1 aromatic rings. The predicted octanol–water partition coefficient (Wildman–Crippen LogP) is 1.80. The number of carbonyl (C=O) groups excluding carboxylic acids is 1. The van der Waals surface area contributed by atoms with Gasteiger partial charge in [0.25, 0.3) is 0 Å². The fourth-order valence-corrected chi connectivity index (χ4v) is 0.982. The maximum Gasteiger partial charge on any atom is 0.387 e. The topological polar surface area (TPSA) is 63.6 Å². The highest BCUT2D eigenvalue weighted by Crippen LogP contribution is 2.21. The van der Waals surface area contributed by atoms with Gasteiger partial charge in [0.2, 0.25) is 0 Å². The predicted molar refractivity (Wildman–Crippen MR) is 45.4 cm³/mol. The van der Waals surface area contributed by atoms with E-state index >= 15 is 0 Å². The van der Waals surface area contributed by atoms with Crippen LogP contribution in [0.2, 0.25) is 0 Å². The highest BCUT2D eigenvalue weighted by molar-refractivity contribution is 5.92. The first kappa shape index (κ1) is 11.1. The summed E-state index contributed by atoms with van der Waals surface area (Å²) in [5.74, 6) is -1.93. The normalized spacial score (nSPS) is 10.1. The highest BCUT2D eigenvalue weighted by Gasteiger charge is 2.15. The number of rotatable bonds is 4. The Bertz CT molecular complexity index is 390. The number of ether oxygens (including phenoxy) is 1. The molecule has 0 aromatic heterocycles. The Morgan fingerprint density at radius 1 is 1.47 bits per heavy atom. The van der Waals surface area contributed by atoms with E-state index in [0.717, 1.165) is 12.1 Å². The Kier molecular flexibility index (Phi) is 3.33. The second-order valence-electron chi connectivity index (χ2n) is 2.56. The Morgan fingerprint density at radius 3 is 2.60 bits per heavy atom. The van der Waals surface area contributed by atoms with Crippen LogP contribution < -0.4 is 4.74 Å². The number of hydrogen-bond donors (Lipinski definition) is 1. The van der Waals surface area contributed by atoms with E-state index in [4.69, 9.17) is 5.11 Å². The summed E-state index contributed by atoms with van der Waals surface area (Å²) >= 11 is 0. The Balaban J connectivity index is 3.16. The fourth-order valence-electron chi connectivity index (χ4n) is 0.982. The molecule has 0 aliphatic carbocycles. The van der Waals surface area contributed by atoms with Gasteiger partial charge in [0, 0.05) is 5.56 Å². The van der Waals surface area contributed by atoms with Gasteiger partial charge in [0.15, 0.2) is 0 Å². The number of hydrogen-bond acceptors (Lipinski definition) is 3. The average Bonchev–Trinajstić information content (AvgIpc) is 2.16. The molecule has 0 radical (unpaired) electrons. The quantitative estimate of drug-likeness (QED) is 0.779. The number of alkyl halides is 2. The Labute approximate surface area is 83.1 Å². The molecule has 0 unspecified atom stereocenters. The summed E-state index contributed by atoms with van der Waals surface area (Å²) in [5.41, 5.74) is -0.350. The first-order valence-electron chi connectivity index (χ1n) is 3.82. The maximum atomic E-state index is 11.9. The molecule has 1 aromatic carbocycles. The maximum absolute atomic E-state index is 11.9. The van der Waals surface area contributed by atoms with Crippen LogP contribution >= 0.6 is 0 Å². The van der Waals surface area contributed by atoms with Crippen molar-refractivity contribution in [2.75, 3.05) is 0 Å². The minimum absolute atomic E-state index is 0.0654. The van der Waals surface area contributed by atoms with Crippen molar-refractivity contribution in [3.63, 3.8) is 0 Å². The SMILES string of the molecule is O=Cc1ccc(C(=O)O)c(OC(F)F)c1. The molecule has 1 N–H and O–H groups in total. The summed E-state index contributed by atoms with van der Waals surface area (Å²) in [5, 5.41) is 8.63. The lowest BCUT2D eigenvalue weighted by Gasteiger charge is -2.07. The molecule has 0 atom stereocenters. The van der Waals surface area contributed by atoms with Crippen molar-refractivity contribution in [2.45, 2.75) is 6.61 Å². The second-order valence-corrected chi connectivity index (χ2v) is 2.56. The van der Waals surface area contributed by atoms with Crippen LogP contribution in [0, 0.1) is 0 Å². The Hall–Kier alpha value is -1.98. The lowest BCUT2D eigenvalue weighted by atomic mass is 10.1. The zero-order valence-corrected chi connectivity index (χ0v) is 7.31. The largest absolute Gasteiger partial charge is 0.478 e. The van der Waals surface area contributed by atoms with Crippen LogP contribution in [0.1, 0.15) is 20.7 Å². The molecular formula is C9H6F2O4. The minimum Gasteiger partial charge on any atom is -0.478 e. The van der Waals surface area contributed by atoms with Gasteiger partial charge in [-0.1, -0.05) is 6.07 Å². The molecule has 4 nitrogen and oxygen atoms in total. The molecule has 1 rings (SSSR count). The number of carboxylic acids is 1. The van der Waals surface area contributed by atoms with Gasteiger partial charge in [-0.25, -0.2) is 4.79 Å². The average molecular weight is 216 g/mol. The molecule has 0 saturated heterocycles. The van der Waals surface area contributed by atoms with Crippen molar-refractivity contribution in [3.05, 3.63) is 29.3 Å². The van der Waals surface area contributed by atoms with E-state index in [2.05, 4.69) is 4.74 Å². The lowest BCUT2D eigenvalue weighted by Crippen LogP contribution is -2.08. The lowest BCUT2D eigenvalue weighted by molar-refractivity contribution is -0.0503. The second kappa shape index (κ2) is 4.50. The summed E-state index contributed by atoms with van der Waals surface area (Å²) in [7, 11) is 0. The summed E-state index contributed by atoms with van der Waals surface area (Å²) in [4.78, 5) is 20.9. The van der Waals surface area contributed by atoms with E-state index in [1.54, 1.807) is 0 Å². The zero-order valence-electron chi connectivity index (χ0n) is 7.31. The van der Waals surface area contributed by atoms with Crippen LogP contribution in [0.3, 0.4) is 0 Å². The van der Waals surface area contributed by atoms with Gasteiger partial charge in [-0.3, -0.25) is 4.79 Å². The van der Waals surface area contributed by atoms with Crippen molar-refractivity contribution in [3.8, 4) is 5.75 Å². The van der Waals surface area contributed by atoms with Gasteiger partial charge < -0.3 is 9.84 Å². The van der Waals surface area contributed by atoms with Crippen LogP contribution in [0.5, 0.6) is 5.75 Å². The molecule has 0 fully saturated rings. The molecular weight excluding hydrogens is 210 g/mol. The van der Waals surface area contributed by atoms with Crippen molar-refractivity contribution in [1.29, 1.82) is 0 Å². The van der Waals surface area contributed by atoms with Gasteiger partial charge in [-0.2, -0.15) is 8.78 Å². The van der Waals surface area contributed by atoms with Gasteiger partial charge in [0.1, 0.15) is 17.6 Å². The van der Waals surface area contributed by atoms with Crippen molar-refractivity contribution in [2.24, 2.45) is 0 Å². The molecule has 0 spiro atoms. The number of carbonyl (C=O) groups is 2. The van der Waals surface area contributed by atoms with E-state index in [0.29, 0.717) is 6.29 Å². The van der Waals surface area contributed by atoms with Crippen molar-refractivity contribution in [1.82, 2.24) is 0 Å². The minimum atomic E-state index is -3.13. The molecule has 0 saturated carbocycles. The first-order chi connectivity index (χ1) is 7.04. The summed E-state index contributed by atoms with van der Waals surface area (Å²) in [6.45, 7) is -3.13. The van der Waals surface area contributed by atoms with Crippen LogP contribution in [0.15, 0.2) is 18.2 Å². The summed E-state index contributed by atoms with van der Waals surface area (Å²) in [6.07, 6.45) is 0.407. The van der Waals surface area contributed by atoms with Crippen LogP contribution in [0.25, 0.3) is 0 Å². The standard InChI is InChI=1S/C9H6F2O4/c10-9(11)15-7-3-5(4-12)1-2-6(7)8(13)14/h1-4,9H,(H,13,14). The first-order valence-corrected chi connectivity index (χ1v) is 3.82. The molecule has 80 valence electrons. The van der Waals surface area contributed by atoms with Crippen LogP contribution in [-0.4, -0.2) is 24.0 Å². The van der Waals surface area contributed by atoms with E-state index < -0.39 is 23.9 Å². The number of aldehydes is 1. The molecule has 0 amide bonds. The third-order valence-corrected chi connectivity index (χ3v) is 1.59. The van der Waals surface area contributed by atoms with Crippen molar-refractivity contribution >= 4 is 12.3 Å². The van der Waals surface area contributed by atoms with Gasteiger partial charge >= 0.3 is 12.6 Å². The number of carboxylic acid groups (broad SMARTS) is 1. The Morgan fingerprint density at radius 2 is 2.13 bits per heavy atom. The van der Waals surface area contributed by atoms with E-state index in [1.165, 1.54) is 6.07 Å². The molecule has 0 aliphatic rings. The third kappa shape index (κ3) is 2.73. The zero-order chi connectivity index (χ0) is 11.4. The van der Waals surface area contributed by atoms with Gasteiger partial charge in [-0.05, 0) is 12.1 Å². The van der Waals surface area contributed by atoms with Gasteiger partial charge in [-0.15, -0.1) is 0 Å². The van der Waals surface area contributed by atoms with Crippen LogP contribution in [0.4, 0.5) is 8.78 Å². The fraction of sp³-hybridized carbons (Fsp3) is 0.111. The smallest absolute Gasteiger partial charge is 0.387 e. The monoisotopic (exact) mass is 216 g/mol. The summed E-state index contributed by atoms with van der Waals surface area (Å²) < 4.78 is 27.8. The summed E-state index contributed by atoms with van der Waals surface area (Å²) in [6, 6.07) is 3.18. The highest BCUT2D eigenvalue weighted by atomic mass is 19.3. The molecule has 6 heteroatoms. The van der Waals surface area contributed by atoms with E-state index in [9.17, 15) is 18.4 Å². The van der Waals surface area contributed by atoms with E-state index in [1.807, 2.05) is 0 Å². The van der Waals surface area contributed by atoms with Crippen molar-refractivity contribution < 1.29 is 28.2 Å².